The van der Waals surface area contributed by atoms with Crippen molar-refractivity contribution in [2.75, 3.05) is 6.54 Å². The molecule has 0 heterocycles. The van der Waals surface area contributed by atoms with Crippen LogP contribution in [0.1, 0.15) is 32.6 Å². The first-order valence-electron chi connectivity index (χ1n) is 5.77. The lowest BCUT2D eigenvalue weighted by molar-refractivity contribution is -0.142. The molecule has 98 valence electrons. The van der Waals surface area contributed by atoms with Gasteiger partial charge in [-0.15, -0.1) is 0 Å². The zero-order chi connectivity index (χ0) is 13.1. The Morgan fingerprint density at radius 1 is 1.47 bits per heavy atom. The largest absolute Gasteiger partial charge is 0.481 e. The predicted octanol–water partition coefficient (Wildman–Crippen LogP) is -0.544. The predicted molar refractivity (Wildman–Crippen MR) is 61.2 cm³/mol. The standard InChI is InChI=1S/C11H20N2O4/c1-11(17,5-9(14)15)6-13-10(16)7-2-3-8(12)4-7/h7-8,17H,2-6,12H2,1H3,(H,13,16)(H,14,15). The summed E-state index contributed by atoms with van der Waals surface area (Å²) >= 11 is 0. The van der Waals surface area contributed by atoms with E-state index >= 15 is 0 Å². The third-order valence-corrected chi connectivity index (χ3v) is 3.02. The summed E-state index contributed by atoms with van der Waals surface area (Å²) in [5.74, 6) is -1.35. The number of carbonyl (C=O) groups excluding carboxylic acids is 1. The number of hydrogen-bond donors (Lipinski definition) is 4. The summed E-state index contributed by atoms with van der Waals surface area (Å²) in [4.78, 5) is 22.2. The summed E-state index contributed by atoms with van der Waals surface area (Å²) in [5, 5.41) is 20.9. The van der Waals surface area contributed by atoms with Gasteiger partial charge in [-0.3, -0.25) is 9.59 Å². The fourth-order valence-electron chi connectivity index (χ4n) is 2.06. The van der Waals surface area contributed by atoms with Crippen molar-refractivity contribution < 1.29 is 19.8 Å². The summed E-state index contributed by atoms with van der Waals surface area (Å²) < 4.78 is 0. The molecule has 0 bridgehead atoms. The summed E-state index contributed by atoms with van der Waals surface area (Å²) in [6.07, 6.45) is 1.86. The van der Waals surface area contributed by atoms with Crippen LogP contribution in [0.3, 0.4) is 0 Å². The first-order chi connectivity index (χ1) is 7.80. The molecule has 6 heteroatoms. The maximum atomic E-state index is 11.7. The Morgan fingerprint density at radius 2 is 2.12 bits per heavy atom. The lowest BCUT2D eigenvalue weighted by Gasteiger charge is -2.22. The van der Waals surface area contributed by atoms with Crippen LogP contribution in [0, 0.1) is 5.92 Å². The molecular weight excluding hydrogens is 224 g/mol. The highest BCUT2D eigenvalue weighted by Gasteiger charge is 2.30. The number of nitrogens with one attached hydrogen (secondary N) is 1. The van der Waals surface area contributed by atoms with Crippen molar-refractivity contribution >= 4 is 11.9 Å². The van der Waals surface area contributed by atoms with Gasteiger partial charge in [-0.2, -0.15) is 0 Å². The van der Waals surface area contributed by atoms with Crippen molar-refractivity contribution in [1.29, 1.82) is 0 Å². The molecule has 1 saturated carbocycles. The molecule has 0 radical (unpaired) electrons. The molecule has 17 heavy (non-hydrogen) atoms. The van der Waals surface area contributed by atoms with Gasteiger partial charge in [0.2, 0.25) is 5.91 Å². The maximum Gasteiger partial charge on any atom is 0.306 e. The Kier molecular flexibility index (Phi) is 4.47. The van der Waals surface area contributed by atoms with Crippen molar-refractivity contribution in [3.8, 4) is 0 Å². The van der Waals surface area contributed by atoms with Gasteiger partial charge >= 0.3 is 5.97 Å². The fourth-order valence-corrected chi connectivity index (χ4v) is 2.06. The van der Waals surface area contributed by atoms with E-state index in [9.17, 15) is 14.7 Å². The lowest BCUT2D eigenvalue weighted by atomic mass is 10.0. The van der Waals surface area contributed by atoms with Gasteiger partial charge in [-0.25, -0.2) is 0 Å². The first kappa shape index (κ1) is 13.9. The van der Waals surface area contributed by atoms with E-state index in [-0.39, 0.29) is 24.4 Å². The Bertz CT molecular complexity index is 304. The molecule has 0 aliphatic heterocycles. The number of carboxylic acid groups (broad SMARTS) is 1. The molecule has 5 N–H and O–H groups in total. The molecule has 3 unspecified atom stereocenters. The van der Waals surface area contributed by atoms with Gasteiger partial charge in [-0.05, 0) is 26.2 Å². The summed E-state index contributed by atoms with van der Waals surface area (Å²) in [7, 11) is 0. The summed E-state index contributed by atoms with van der Waals surface area (Å²) in [5.41, 5.74) is 4.29. The SMILES string of the molecule is CC(O)(CNC(=O)C1CCC(N)C1)CC(=O)O. The van der Waals surface area contributed by atoms with E-state index in [1.165, 1.54) is 6.92 Å². The van der Waals surface area contributed by atoms with Gasteiger partial charge in [0.05, 0.1) is 12.0 Å². The van der Waals surface area contributed by atoms with Gasteiger partial charge in [0.1, 0.15) is 0 Å². The smallest absolute Gasteiger partial charge is 0.306 e. The van der Waals surface area contributed by atoms with Crippen LogP contribution in [-0.2, 0) is 9.59 Å². The van der Waals surface area contributed by atoms with Crippen molar-refractivity contribution in [2.24, 2.45) is 11.7 Å². The number of carbonyl (C=O) groups is 2. The molecule has 0 spiro atoms. The molecule has 0 aromatic heterocycles. The minimum Gasteiger partial charge on any atom is -0.481 e. The van der Waals surface area contributed by atoms with Gasteiger partial charge in [0, 0.05) is 18.5 Å². The zero-order valence-corrected chi connectivity index (χ0v) is 9.98. The minimum atomic E-state index is -1.41. The van der Waals surface area contributed by atoms with Gasteiger partial charge in [0.15, 0.2) is 0 Å². The number of amides is 1. The second kappa shape index (κ2) is 5.46. The lowest BCUT2D eigenvalue weighted by Crippen LogP contribution is -2.43. The molecule has 6 nitrogen and oxygen atoms in total. The quantitative estimate of drug-likeness (QED) is 0.518. The Morgan fingerprint density at radius 3 is 2.59 bits per heavy atom. The highest BCUT2D eigenvalue weighted by Crippen LogP contribution is 2.24. The van der Waals surface area contributed by atoms with Crippen molar-refractivity contribution in [2.45, 2.75) is 44.2 Å². The molecule has 0 saturated heterocycles. The van der Waals surface area contributed by atoms with Crippen LogP contribution in [-0.4, -0.2) is 40.3 Å². The van der Waals surface area contributed by atoms with Gasteiger partial charge in [0.25, 0.3) is 0 Å². The highest BCUT2D eigenvalue weighted by molar-refractivity contribution is 5.79. The van der Waals surface area contributed by atoms with Crippen LogP contribution >= 0.6 is 0 Å². The van der Waals surface area contributed by atoms with E-state index in [1.54, 1.807) is 0 Å². The maximum absolute atomic E-state index is 11.7. The highest BCUT2D eigenvalue weighted by atomic mass is 16.4. The van der Waals surface area contributed by atoms with Crippen molar-refractivity contribution in [3.63, 3.8) is 0 Å². The molecular formula is C11H20N2O4. The van der Waals surface area contributed by atoms with E-state index in [0.29, 0.717) is 6.42 Å². The van der Waals surface area contributed by atoms with Crippen LogP contribution in [0.15, 0.2) is 0 Å². The summed E-state index contributed by atoms with van der Waals surface area (Å²) in [6, 6.07) is 0.0743. The molecule has 1 fully saturated rings. The minimum absolute atomic E-state index is 0.0517. The van der Waals surface area contributed by atoms with Gasteiger partial charge < -0.3 is 21.3 Å². The molecule has 1 amide bonds. The van der Waals surface area contributed by atoms with Crippen LogP contribution in [0.25, 0.3) is 0 Å². The molecule has 0 aromatic rings. The topological polar surface area (TPSA) is 113 Å². The van der Waals surface area contributed by atoms with Crippen molar-refractivity contribution in [3.05, 3.63) is 0 Å². The third kappa shape index (κ3) is 4.70. The van der Waals surface area contributed by atoms with E-state index < -0.39 is 18.0 Å². The summed E-state index contributed by atoms with van der Waals surface area (Å²) in [6.45, 7) is 1.34. The monoisotopic (exact) mass is 244 g/mol. The Labute approximate surface area is 100 Å². The zero-order valence-electron chi connectivity index (χ0n) is 9.98. The van der Waals surface area contributed by atoms with E-state index in [4.69, 9.17) is 10.8 Å². The van der Waals surface area contributed by atoms with Crippen LogP contribution < -0.4 is 11.1 Å². The molecule has 0 aromatic carbocycles. The van der Waals surface area contributed by atoms with Crippen molar-refractivity contribution in [1.82, 2.24) is 5.32 Å². The van der Waals surface area contributed by atoms with Crippen LogP contribution in [0.5, 0.6) is 0 Å². The Hall–Kier alpha value is -1.14. The molecule has 1 aliphatic carbocycles. The van der Waals surface area contributed by atoms with Crippen LogP contribution in [0.4, 0.5) is 0 Å². The number of aliphatic carboxylic acids is 1. The third-order valence-electron chi connectivity index (χ3n) is 3.02. The fraction of sp³-hybridized carbons (Fsp3) is 0.818. The first-order valence-corrected chi connectivity index (χ1v) is 5.77. The van der Waals surface area contributed by atoms with Crippen LogP contribution in [0.2, 0.25) is 0 Å². The van der Waals surface area contributed by atoms with E-state index in [1.807, 2.05) is 0 Å². The second-order valence-corrected chi connectivity index (χ2v) is 5.06. The van der Waals surface area contributed by atoms with E-state index in [0.717, 1.165) is 12.8 Å². The number of nitrogens with two attached hydrogens (primary N) is 1. The number of carboxylic acids is 1. The average Bonchev–Trinajstić information content (AvgIpc) is 2.59. The molecule has 1 aliphatic rings. The van der Waals surface area contributed by atoms with E-state index in [2.05, 4.69) is 5.32 Å². The molecule has 1 rings (SSSR count). The number of rotatable bonds is 5. The average molecular weight is 244 g/mol. The molecule has 3 atom stereocenters. The second-order valence-electron chi connectivity index (χ2n) is 5.06. The normalized spacial score (nSPS) is 27.5. The Balaban J connectivity index is 2.34. The number of hydrogen-bond acceptors (Lipinski definition) is 4. The van der Waals surface area contributed by atoms with Gasteiger partial charge in [-0.1, -0.05) is 0 Å². The number of aliphatic hydroxyl groups is 1.